The number of hydrogen-bond acceptors (Lipinski definition) is 2. The Labute approximate surface area is 133 Å². The number of hydrogen-bond donors (Lipinski definition) is 1. The van der Waals surface area contributed by atoms with Crippen LogP contribution in [0.4, 0.5) is 0 Å². The molecule has 4 heteroatoms. The molecule has 2 amide bonds. The van der Waals surface area contributed by atoms with Crippen LogP contribution in [-0.4, -0.2) is 34.3 Å². The number of carbonyl (C=O) groups excluding carboxylic acids is 2. The monoisotopic (exact) mass is 304 g/mol. The van der Waals surface area contributed by atoms with Gasteiger partial charge < -0.3 is 10.2 Å². The summed E-state index contributed by atoms with van der Waals surface area (Å²) in [4.78, 5) is 27.4. The molecule has 22 heavy (non-hydrogen) atoms. The number of nitrogens with one attached hydrogen (secondary N) is 1. The standard InChI is InChI=1S/C18H28N2O2/c1-17(2,3)14(15(21)19-18(4,5)6)20-13-11-8-7-10(9-11)12(13)16(20)22/h7-8,10-14H,9H2,1-6H3,(H,19,21)/t10-,11+,12+,13-,14?/m0/s1. The SMILES string of the molecule is CC(C)(C)NC(=O)C(N1C(=O)[C@H]2[C@@H]1[C@@H]1C=C[C@H]2C1)C(C)(C)C. The first-order valence-corrected chi connectivity index (χ1v) is 8.33. The van der Waals surface area contributed by atoms with Crippen LogP contribution in [0.25, 0.3) is 0 Å². The first-order valence-electron chi connectivity index (χ1n) is 8.33. The molecule has 1 saturated carbocycles. The minimum absolute atomic E-state index is 0.0291. The maximum absolute atomic E-state index is 12.9. The zero-order chi connectivity index (χ0) is 16.4. The molecule has 0 aromatic rings. The van der Waals surface area contributed by atoms with E-state index in [0.717, 1.165) is 6.42 Å². The molecular formula is C18H28N2O2. The van der Waals surface area contributed by atoms with E-state index in [2.05, 4.69) is 17.5 Å². The molecular weight excluding hydrogens is 276 g/mol. The fourth-order valence-electron chi connectivity index (χ4n) is 4.42. The summed E-state index contributed by atoms with van der Waals surface area (Å²) >= 11 is 0. The fourth-order valence-corrected chi connectivity index (χ4v) is 4.42. The average Bonchev–Trinajstić information content (AvgIpc) is 2.88. The molecule has 0 aromatic carbocycles. The first-order chi connectivity index (χ1) is 10.0. The molecule has 3 rings (SSSR count). The third-order valence-electron chi connectivity index (χ3n) is 5.12. The molecule has 2 fully saturated rings. The summed E-state index contributed by atoms with van der Waals surface area (Å²) in [5.74, 6) is 1.12. The molecule has 2 bridgehead atoms. The highest BCUT2D eigenvalue weighted by atomic mass is 16.2. The van der Waals surface area contributed by atoms with Gasteiger partial charge in [0.05, 0.1) is 12.0 Å². The number of amides is 2. The number of likely N-dealkylation sites (tertiary alicyclic amines) is 1. The summed E-state index contributed by atoms with van der Waals surface area (Å²) in [7, 11) is 0. The van der Waals surface area contributed by atoms with Crippen LogP contribution in [-0.2, 0) is 9.59 Å². The van der Waals surface area contributed by atoms with Crippen molar-refractivity contribution in [1.82, 2.24) is 10.2 Å². The maximum atomic E-state index is 12.9. The second-order valence-electron chi connectivity index (χ2n) is 9.22. The van der Waals surface area contributed by atoms with E-state index >= 15 is 0 Å². The highest BCUT2D eigenvalue weighted by Crippen LogP contribution is 2.54. The normalized spacial score (nSPS) is 34.5. The van der Waals surface area contributed by atoms with Crippen molar-refractivity contribution in [3.05, 3.63) is 12.2 Å². The van der Waals surface area contributed by atoms with Crippen molar-refractivity contribution in [3.63, 3.8) is 0 Å². The summed E-state index contributed by atoms with van der Waals surface area (Å²) in [5, 5.41) is 3.07. The van der Waals surface area contributed by atoms with Crippen LogP contribution in [0.2, 0.25) is 0 Å². The predicted molar refractivity (Wildman–Crippen MR) is 86.0 cm³/mol. The van der Waals surface area contributed by atoms with Crippen LogP contribution in [0.3, 0.4) is 0 Å². The van der Waals surface area contributed by atoms with E-state index < -0.39 is 6.04 Å². The van der Waals surface area contributed by atoms with Crippen LogP contribution in [0.5, 0.6) is 0 Å². The quantitative estimate of drug-likeness (QED) is 0.629. The minimum Gasteiger partial charge on any atom is -0.350 e. The second-order valence-corrected chi connectivity index (χ2v) is 9.22. The van der Waals surface area contributed by atoms with Gasteiger partial charge in [0.1, 0.15) is 6.04 Å². The summed E-state index contributed by atoms with van der Waals surface area (Å²) in [6.45, 7) is 12.1. The van der Waals surface area contributed by atoms with Crippen molar-refractivity contribution in [2.45, 2.75) is 65.6 Å². The van der Waals surface area contributed by atoms with Gasteiger partial charge in [-0.2, -0.15) is 0 Å². The highest BCUT2D eigenvalue weighted by Gasteiger charge is 2.63. The number of β-lactam (4-membered cyclic amide) rings is 1. The number of allylic oxidation sites excluding steroid dienone is 1. The van der Waals surface area contributed by atoms with Gasteiger partial charge in [-0.15, -0.1) is 0 Å². The van der Waals surface area contributed by atoms with Crippen LogP contribution in [0, 0.1) is 23.2 Å². The van der Waals surface area contributed by atoms with Gasteiger partial charge in [-0.25, -0.2) is 0 Å². The Balaban J connectivity index is 1.87. The number of fused-ring (bicyclic) bond motifs is 5. The molecule has 1 aliphatic heterocycles. The van der Waals surface area contributed by atoms with Crippen molar-refractivity contribution in [2.24, 2.45) is 23.2 Å². The molecule has 4 nitrogen and oxygen atoms in total. The third kappa shape index (κ3) is 2.27. The van der Waals surface area contributed by atoms with Crippen molar-refractivity contribution in [1.29, 1.82) is 0 Å². The van der Waals surface area contributed by atoms with E-state index in [1.807, 2.05) is 46.4 Å². The Morgan fingerprint density at radius 1 is 1.18 bits per heavy atom. The number of nitrogens with zero attached hydrogens (tertiary/aromatic N) is 1. The third-order valence-corrected chi connectivity index (χ3v) is 5.12. The first kappa shape index (κ1) is 15.6. The second kappa shape index (κ2) is 4.59. The van der Waals surface area contributed by atoms with Crippen molar-refractivity contribution in [2.75, 3.05) is 0 Å². The van der Waals surface area contributed by atoms with Gasteiger partial charge in [0.2, 0.25) is 11.8 Å². The molecule has 1 saturated heterocycles. The van der Waals surface area contributed by atoms with E-state index in [-0.39, 0.29) is 34.7 Å². The van der Waals surface area contributed by atoms with Gasteiger partial charge in [-0.05, 0) is 44.4 Å². The Kier molecular flexibility index (Phi) is 3.25. The lowest BCUT2D eigenvalue weighted by Gasteiger charge is -2.54. The maximum Gasteiger partial charge on any atom is 0.243 e. The summed E-state index contributed by atoms with van der Waals surface area (Å²) in [6.07, 6.45) is 5.52. The van der Waals surface area contributed by atoms with Gasteiger partial charge in [0.25, 0.3) is 0 Å². The minimum atomic E-state index is -0.395. The van der Waals surface area contributed by atoms with Crippen molar-refractivity contribution in [3.8, 4) is 0 Å². The molecule has 1 unspecified atom stereocenters. The van der Waals surface area contributed by atoms with Gasteiger partial charge in [-0.3, -0.25) is 9.59 Å². The smallest absolute Gasteiger partial charge is 0.243 e. The molecule has 2 aliphatic carbocycles. The Morgan fingerprint density at radius 2 is 1.77 bits per heavy atom. The molecule has 0 aromatic heterocycles. The zero-order valence-corrected chi connectivity index (χ0v) is 14.5. The Hall–Kier alpha value is -1.32. The Morgan fingerprint density at radius 3 is 2.32 bits per heavy atom. The van der Waals surface area contributed by atoms with Crippen molar-refractivity contribution < 1.29 is 9.59 Å². The summed E-state index contributed by atoms with van der Waals surface area (Å²) in [6, 6.07) is -0.161. The van der Waals surface area contributed by atoms with Crippen LogP contribution < -0.4 is 5.32 Å². The molecule has 1 heterocycles. The van der Waals surface area contributed by atoms with Crippen molar-refractivity contribution >= 4 is 11.8 Å². The largest absolute Gasteiger partial charge is 0.350 e. The van der Waals surface area contributed by atoms with Crippen LogP contribution in [0.1, 0.15) is 48.0 Å². The molecule has 122 valence electrons. The van der Waals surface area contributed by atoms with E-state index in [0.29, 0.717) is 11.8 Å². The van der Waals surface area contributed by atoms with Gasteiger partial charge in [0, 0.05) is 5.54 Å². The van der Waals surface area contributed by atoms with E-state index in [4.69, 9.17) is 0 Å². The summed E-state index contributed by atoms with van der Waals surface area (Å²) < 4.78 is 0. The molecule has 0 radical (unpaired) electrons. The van der Waals surface area contributed by atoms with Crippen LogP contribution >= 0.6 is 0 Å². The van der Waals surface area contributed by atoms with E-state index in [1.54, 1.807) is 0 Å². The molecule has 1 N–H and O–H groups in total. The number of rotatable bonds is 2. The fraction of sp³-hybridized carbons (Fsp3) is 0.778. The Bertz CT molecular complexity index is 538. The molecule has 0 spiro atoms. The zero-order valence-electron chi connectivity index (χ0n) is 14.5. The topological polar surface area (TPSA) is 49.4 Å². The average molecular weight is 304 g/mol. The number of carbonyl (C=O) groups is 2. The highest BCUT2D eigenvalue weighted by molar-refractivity contribution is 5.94. The van der Waals surface area contributed by atoms with Crippen LogP contribution in [0.15, 0.2) is 12.2 Å². The lowest BCUT2D eigenvalue weighted by molar-refractivity contribution is -0.171. The molecule has 5 atom stereocenters. The summed E-state index contributed by atoms with van der Waals surface area (Å²) in [5.41, 5.74) is -0.565. The van der Waals surface area contributed by atoms with Gasteiger partial charge in [-0.1, -0.05) is 32.9 Å². The van der Waals surface area contributed by atoms with E-state index in [9.17, 15) is 9.59 Å². The van der Waals surface area contributed by atoms with Gasteiger partial charge in [0.15, 0.2) is 0 Å². The lowest BCUT2D eigenvalue weighted by atomic mass is 9.73. The molecule has 3 aliphatic rings. The van der Waals surface area contributed by atoms with Gasteiger partial charge >= 0.3 is 0 Å². The van der Waals surface area contributed by atoms with E-state index in [1.165, 1.54) is 0 Å². The predicted octanol–water partition coefficient (Wildman–Crippen LogP) is 2.35. The lowest BCUT2D eigenvalue weighted by Crippen LogP contribution is -2.71.